The van der Waals surface area contributed by atoms with Gasteiger partial charge in [0, 0.05) is 23.9 Å². The fourth-order valence-electron chi connectivity index (χ4n) is 1.99. The monoisotopic (exact) mass is 314 g/mol. The van der Waals surface area contributed by atoms with Gasteiger partial charge in [-0.15, -0.1) is 0 Å². The summed E-state index contributed by atoms with van der Waals surface area (Å²) in [6, 6.07) is 8.58. The summed E-state index contributed by atoms with van der Waals surface area (Å²) in [6.45, 7) is 6.00. The van der Waals surface area contributed by atoms with Crippen molar-refractivity contribution in [3.8, 4) is 5.75 Å². The molecule has 0 amide bonds. The number of ether oxygens (including phenoxy) is 1. The van der Waals surface area contributed by atoms with Gasteiger partial charge in [0.15, 0.2) is 0 Å². The van der Waals surface area contributed by atoms with Gasteiger partial charge >= 0.3 is 5.63 Å². The number of benzene rings is 1. The predicted octanol–water partition coefficient (Wildman–Crippen LogP) is 3.84. The molecule has 0 aliphatic carbocycles. The Bertz CT molecular complexity index is 776. The zero-order valence-electron chi connectivity index (χ0n) is 13.7. The van der Waals surface area contributed by atoms with Crippen LogP contribution in [0.1, 0.15) is 27.2 Å². The van der Waals surface area contributed by atoms with Crippen LogP contribution in [0.3, 0.4) is 0 Å². The van der Waals surface area contributed by atoms with Gasteiger partial charge in [-0.25, -0.2) is 4.79 Å². The summed E-state index contributed by atoms with van der Waals surface area (Å²) in [4.78, 5) is 11.2. The minimum atomic E-state index is -0.803. The van der Waals surface area contributed by atoms with E-state index in [9.17, 15) is 9.90 Å². The molecule has 1 heterocycles. The first kappa shape index (κ1) is 17.0. The topological polar surface area (TPSA) is 59.7 Å². The van der Waals surface area contributed by atoms with Crippen LogP contribution in [0.5, 0.6) is 5.75 Å². The van der Waals surface area contributed by atoms with Crippen LogP contribution in [-0.2, 0) is 0 Å². The smallest absolute Gasteiger partial charge is 0.336 e. The van der Waals surface area contributed by atoms with E-state index in [1.165, 1.54) is 6.07 Å². The van der Waals surface area contributed by atoms with Gasteiger partial charge < -0.3 is 14.3 Å². The van der Waals surface area contributed by atoms with Crippen LogP contribution >= 0.6 is 0 Å². The first-order valence-electron chi connectivity index (χ1n) is 7.58. The van der Waals surface area contributed by atoms with E-state index in [-0.39, 0.29) is 5.63 Å². The summed E-state index contributed by atoms with van der Waals surface area (Å²) in [7, 11) is 0. The van der Waals surface area contributed by atoms with Crippen molar-refractivity contribution in [2.24, 2.45) is 0 Å². The van der Waals surface area contributed by atoms with Crippen LogP contribution in [-0.4, -0.2) is 17.3 Å². The number of aliphatic hydroxyl groups is 1. The lowest BCUT2D eigenvalue weighted by Crippen LogP contribution is -2.13. The Kier molecular flexibility index (Phi) is 5.40. The second kappa shape index (κ2) is 7.29. The SMILES string of the molecule is CC(=CC=CC(C)(C)O)CCOc1ccc2ccc(=O)oc2c1. The molecular formula is C19H22O4. The maximum absolute atomic E-state index is 11.2. The van der Waals surface area contributed by atoms with E-state index in [1.54, 1.807) is 32.1 Å². The Hall–Kier alpha value is -2.33. The number of allylic oxidation sites excluding steroid dienone is 2. The fraction of sp³-hybridized carbons (Fsp3) is 0.316. The van der Waals surface area contributed by atoms with Crippen LogP contribution in [0.4, 0.5) is 0 Å². The third-order valence-corrected chi connectivity index (χ3v) is 3.24. The van der Waals surface area contributed by atoms with Crippen molar-refractivity contribution >= 4 is 11.0 Å². The van der Waals surface area contributed by atoms with E-state index in [0.717, 1.165) is 17.4 Å². The second-order valence-corrected chi connectivity index (χ2v) is 6.08. The van der Waals surface area contributed by atoms with Crippen LogP contribution in [0, 0.1) is 0 Å². The zero-order chi connectivity index (χ0) is 16.9. The average Bonchev–Trinajstić information content (AvgIpc) is 2.45. The molecule has 0 radical (unpaired) electrons. The molecular weight excluding hydrogens is 292 g/mol. The molecule has 0 saturated heterocycles. The van der Waals surface area contributed by atoms with Crippen LogP contribution in [0.25, 0.3) is 11.0 Å². The zero-order valence-corrected chi connectivity index (χ0v) is 13.7. The Morgan fingerprint density at radius 1 is 1.30 bits per heavy atom. The third-order valence-electron chi connectivity index (χ3n) is 3.24. The highest BCUT2D eigenvalue weighted by molar-refractivity contribution is 5.77. The molecule has 0 atom stereocenters. The molecule has 0 aliphatic heterocycles. The molecule has 0 bridgehead atoms. The molecule has 2 rings (SSSR count). The van der Waals surface area contributed by atoms with Crippen molar-refractivity contribution in [1.82, 2.24) is 0 Å². The van der Waals surface area contributed by atoms with E-state index in [1.807, 2.05) is 31.2 Å². The molecule has 1 aromatic carbocycles. The number of hydrogen-bond donors (Lipinski definition) is 1. The lowest BCUT2D eigenvalue weighted by Gasteiger charge is -2.09. The fourth-order valence-corrected chi connectivity index (χ4v) is 1.99. The Balaban J connectivity index is 1.92. The van der Waals surface area contributed by atoms with E-state index in [0.29, 0.717) is 17.9 Å². The molecule has 23 heavy (non-hydrogen) atoms. The number of hydrogen-bond acceptors (Lipinski definition) is 4. The Morgan fingerprint density at radius 2 is 2.04 bits per heavy atom. The van der Waals surface area contributed by atoms with Crippen LogP contribution in [0.15, 0.2) is 63.3 Å². The predicted molar refractivity (Wildman–Crippen MR) is 91.8 cm³/mol. The molecule has 4 heteroatoms. The summed E-state index contributed by atoms with van der Waals surface area (Å²) >= 11 is 0. The summed E-state index contributed by atoms with van der Waals surface area (Å²) in [5.74, 6) is 0.673. The molecule has 0 spiro atoms. The van der Waals surface area contributed by atoms with Gasteiger partial charge in [-0.1, -0.05) is 23.8 Å². The highest BCUT2D eigenvalue weighted by Crippen LogP contribution is 2.19. The van der Waals surface area contributed by atoms with E-state index in [4.69, 9.17) is 9.15 Å². The number of rotatable bonds is 6. The van der Waals surface area contributed by atoms with Crippen molar-refractivity contribution in [2.45, 2.75) is 32.8 Å². The molecule has 0 fully saturated rings. The molecule has 0 aliphatic rings. The molecule has 4 nitrogen and oxygen atoms in total. The highest BCUT2D eigenvalue weighted by Gasteiger charge is 2.04. The quantitative estimate of drug-likeness (QED) is 0.650. The summed E-state index contributed by atoms with van der Waals surface area (Å²) in [6.07, 6.45) is 6.32. The van der Waals surface area contributed by atoms with Crippen molar-refractivity contribution in [3.05, 3.63) is 64.6 Å². The Morgan fingerprint density at radius 3 is 2.78 bits per heavy atom. The van der Waals surface area contributed by atoms with Gasteiger partial charge in [0.05, 0.1) is 12.2 Å². The number of fused-ring (bicyclic) bond motifs is 1. The largest absolute Gasteiger partial charge is 0.493 e. The van der Waals surface area contributed by atoms with Gasteiger partial charge in [0.25, 0.3) is 0 Å². The van der Waals surface area contributed by atoms with Gasteiger partial charge in [0.2, 0.25) is 0 Å². The van der Waals surface area contributed by atoms with E-state index >= 15 is 0 Å². The van der Waals surface area contributed by atoms with Crippen LogP contribution < -0.4 is 10.4 Å². The van der Waals surface area contributed by atoms with Gasteiger partial charge in [-0.05, 0) is 39.0 Å². The normalized spacial score (nSPS) is 13.0. The van der Waals surface area contributed by atoms with Gasteiger partial charge in [-0.3, -0.25) is 0 Å². The summed E-state index contributed by atoms with van der Waals surface area (Å²) < 4.78 is 10.8. The van der Waals surface area contributed by atoms with Crippen molar-refractivity contribution in [3.63, 3.8) is 0 Å². The van der Waals surface area contributed by atoms with Crippen LogP contribution in [0.2, 0.25) is 0 Å². The van der Waals surface area contributed by atoms with Gasteiger partial charge in [0.1, 0.15) is 11.3 Å². The molecule has 0 unspecified atom stereocenters. The maximum Gasteiger partial charge on any atom is 0.336 e. The first-order chi connectivity index (χ1) is 10.8. The van der Waals surface area contributed by atoms with E-state index in [2.05, 4.69) is 0 Å². The molecule has 2 aromatic rings. The highest BCUT2D eigenvalue weighted by atomic mass is 16.5. The van der Waals surface area contributed by atoms with Gasteiger partial charge in [-0.2, -0.15) is 0 Å². The minimum absolute atomic E-state index is 0.368. The molecule has 122 valence electrons. The molecule has 1 N–H and O–H groups in total. The maximum atomic E-state index is 11.2. The van der Waals surface area contributed by atoms with Crippen molar-refractivity contribution in [1.29, 1.82) is 0 Å². The summed E-state index contributed by atoms with van der Waals surface area (Å²) in [5, 5.41) is 10.5. The average molecular weight is 314 g/mol. The third kappa shape index (κ3) is 5.75. The first-order valence-corrected chi connectivity index (χ1v) is 7.58. The second-order valence-electron chi connectivity index (χ2n) is 6.08. The lowest BCUT2D eigenvalue weighted by atomic mass is 10.1. The molecule has 1 aromatic heterocycles. The molecule has 0 saturated carbocycles. The Labute approximate surface area is 135 Å². The standard InChI is InChI=1S/C19H22O4/c1-14(5-4-11-19(2,3)21)10-12-22-16-8-6-15-7-9-18(20)23-17(15)13-16/h4-9,11,13,21H,10,12H2,1-3H3. The van der Waals surface area contributed by atoms with Crippen molar-refractivity contribution < 1.29 is 14.3 Å². The minimum Gasteiger partial charge on any atom is -0.493 e. The summed E-state index contributed by atoms with van der Waals surface area (Å²) in [5.41, 5.74) is 0.502. The lowest BCUT2D eigenvalue weighted by molar-refractivity contribution is 0.133. The van der Waals surface area contributed by atoms with E-state index < -0.39 is 5.60 Å². The van der Waals surface area contributed by atoms with Crippen molar-refractivity contribution in [2.75, 3.05) is 6.61 Å².